The molecule has 2 N–H and O–H groups in total. The summed E-state index contributed by atoms with van der Waals surface area (Å²) in [6, 6.07) is 1.65. The highest BCUT2D eigenvalue weighted by atomic mass is 16.5. The summed E-state index contributed by atoms with van der Waals surface area (Å²) < 4.78 is 5.10. The zero-order valence-corrected chi connectivity index (χ0v) is 7.53. The van der Waals surface area contributed by atoms with E-state index in [0.29, 0.717) is 11.8 Å². The van der Waals surface area contributed by atoms with E-state index in [-0.39, 0.29) is 13.2 Å². The predicted octanol–water partition coefficient (Wildman–Crippen LogP) is 0.279. The maximum Gasteiger partial charge on any atom is 0.225 e. The molecular weight excluding hydrogens is 170 g/mol. The van der Waals surface area contributed by atoms with Crippen molar-refractivity contribution >= 4 is 5.95 Å². The lowest BCUT2D eigenvalue weighted by Gasteiger charge is -2.04. The zero-order valence-electron chi connectivity index (χ0n) is 7.53. The average molecular weight is 183 g/mol. The predicted molar refractivity (Wildman–Crippen MR) is 48.8 cm³/mol. The fourth-order valence-corrected chi connectivity index (χ4v) is 0.816. The Bertz CT molecular complexity index is 255. The van der Waals surface area contributed by atoms with Gasteiger partial charge in [0.1, 0.15) is 6.61 Å². The van der Waals surface area contributed by atoms with E-state index in [4.69, 9.17) is 9.84 Å². The van der Waals surface area contributed by atoms with Crippen LogP contribution >= 0.6 is 0 Å². The third-order valence-electron chi connectivity index (χ3n) is 1.31. The van der Waals surface area contributed by atoms with Crippen molar-refractivity contribution in [2.24, 2.45) is 0 Å². The first-order valence-corrected chi connectivity index (χ1v) is 4.17. The van der Waals surface area contributed by atoms with Crippen LogP contribution < -0.4 is 10.1 Å². The fourth-order valence-electron chi connectivity index (χ4n) is 0.816. The van der Waals surface area contributed by atoms with Gasteiger partial charge in [-0.2, -0.15) is 4.98 Å². The van der Waals surface area contributed by atoms with Gasteiger partial charge in [-0.25, -0.2) is 4.98 Å². The molecule has 0 bridgehead atoms. The first-order chi connectivity index (χ1) is 6.36. The first-order valence-electron chi connectivity index (χ1n) is 4.17. The van der Waals surface area contributed by atoms with E-state index in [9.17, 15) is 0 Å². The quantitative estimate of drug-likeness (QED) is 0.686. The van der Waals surface area contributed by atoms with Crippen molar-refractivity contribution in [2.75, 3.05) is 25.1 Å². The van der Waals surface area contributed by atoms with Crippen molar-refractivity contribution < 1.29 is 9.84 Å². The molecule has 0 aromatic carbocycles. The molecule has 0 atom stereocenters. The van der Waals surface area contributed by atoms with Crippen molar-refractivity contribution in [3.05, 3.63) is 12.3 Å². The molecule has 0 spiro atoms. The van der Waals surface area contributed by atoms with Crippen LogP contribution in [-0.2, 0) is 0 Å². The molecule has 13 heavy (non-hydrogen) atoms. The number of rotatable bonds is 5. The summed E-state index contributed by atoms with van der Waals surface area (Å²) >= 11 is 0. The van der Waals surface area contributed by atoms with E-state index in [1.807, 2.05) is 6.92 Å². The molecule has 5 heteroatoms. The number of nitrogens with zero attached hydrogens (tertiary/aromatic N) is 2. The number of hydrogen-bond acceptors (Lipinski definition) is 5. The normalized spacial score (nSPS) is 9.69. The Morgan fingerprint density at radius 1 is 1.62 bits per heavy atom. The monoisotopic (exact) mass is 183 g/mol. The summed E-state index contributed by atoms with van der Waals surface area (Å²) in [5, 5.41) is 11.5. The Kier molecular flexibility index (Phi) is 3.98. The minimum Gasteiger partial charge on any atom is -0.475 e. The molecule has 0 saturated heterocycles. The van der Waals surface area contributed by atoms with Crippen LogP contribution in [0.5, 0.6) is 5.88 Å². The molecule has 0 aliphatic rings. The van der Waals surface area contributed by atoms with Gasteiger partial charge in [0.25, 0.3) is 0 Å². The third-order valence-corrected chi connectivity index (χ3v) is 1.31. The summed E-state index contributed by atoms with van der Waals surface area (Å²) in [4.78, 5) is 8.02. The van der Waals surface area contributed by atoms with Gasteiger partial charge in [0.15, 0.2) is 0 Å². The highest BCUT2D eigenvalue weighted by molar-refractivity contribution is 5.26. The van der Waals surface area contributed by atoms with Gasteiger partial charge in [0, 0.05) is 18.8 Å². The van der Waals surface area contributed by atoms with Crippen LogP contribution in [0.25, 0.3) is 0 Å². The van der Waals surface area contributed by atoms with E-state index in [0.717, 1.165) is 6.54 Å². The summed E-state index contributed by atoms with van der Waals surface area (Å²) in [5.74, 6) is 1.01. The number of nitrogens with one attached hydrogen (secondary N) is 1. The van der Waals surface area contributed by atoms with Gasteiger partial charge < -0.3 is 15.2 Å². The van der Waals surface area contributed by atoms with E-state index in [1.165, 1.54) is 0 Å². The van der Waals surface area contributed by atoms with Crippen molar-refractivity contribution in [1.29, 1.82) is 0 Å². The van der Waals surface area contributed by atoms with Crippen molar-refractivity contribution in [1.82, 2.24) is 9.97 Å². The molecule has 5 nitrogen and oxygen atoms in total. The maximum absolute atomic E-state index is 8.52. The smallest absolute Gasteiger partial charge is 0.225 e. The number of anilines is 1. The molecule has 0 saturated carbocycles. The van der Waals surface area contributed by atoms with Gasteiger partial charge in [-0.1, -0.05) is 0 Å². The van der Waals surface area contributed by atoms with Crippen LogP contribution in [-0.4, -0.2) is 34.8 Å². The molecule has 0 radical (unpaired) electrons. The van der Waals surface area contributed by atoms with Crippen LogP contribution in [0, 0.1) is 0 Å². The topological polar surface area (TPSA) is 67.3 Å². The lowest BCUT2D eigenvalue weighted by atomic mass is 10.6. The third kappa shape index (κ3) is 3.25. The summed E-state index contributed by atoms with van der Waals surface area (Å²) in [6.45, 7) is 2.97. The Morgan fingerprint density at radius 3 is 3.15 bits per heavy atom. The lowest BCUT2D eigenvalue weighted by Crippen LogP contribution is -2.06. The second-order valence-electron chi connectivity index (χ2n) is 2.32. The van der Waals surface area contributed by atoms with Crippen LogP contribution in [0.3, 0.4) is 0 Å². The molecule has 0 aliphatic carbocycles. The lowest BCUT2D eigenvalue weighted by molar-refractivity contribution is 0.196. The van der Waals surface area contributed by atoms with E-state index >= 15 is 0 Å². The molecule has 1 heterocycles. The number of aliphatic hydroxyl groups is 1. The fraction of sp³-hybridized carbons (Fsp3) is 0.500. The zero-order chi connectivity index (χ0) is 9.52. The second-order valence-corrected chi connectivity index (χ2v) is 2.32. The molecular formula is C8H13N3O2. The van der Waals surface area contributed by atoms with Crippen molar-refractivity contribution in [2.45, 2.75) is 6.92 Å². The standard InChI is InChI=1S/C8H13N3O2/c1-2-9-8-10-4-3-7(11-8)13-6-5-12/h3-4,12H,2,5-6H2,1H3,(H,9,10,11). The highest BCUT2D eigenvalue weighted by Crippen LogP contribution is 2.07. The van der Waals surface area contributed by atoms with Gasteiger partial charge in [-0.15, -0.1) is 0 Å². The van der Waals surface area contributed by atoms with Gasteiger partial charge in [-0.3, -0.25) is 0 Å². The van der Waals surface area contributed by atoms with Gasteiger partial charge >= 0.3 is 0 Å². The van der Waals surface area contributed by atoms with Crippen molar-refractivity contribution in [3.63, 3.8) is 0 Å². The van der Waals surface area contributed by atoms with Crippen LogP contribution in [0.4, 0.5) is 5.95 Å². The Morgan fingerprint density at radius 2 is 2.46 bits per heavy atom. The molecule has 0 unspecified atom stereocenters. The Hall–Kier alpha value is -1.36. The number of aliphatic hydroxyl groups excluding tert-OH is 1. The van der Waals surface area contributed by atoms with Gasteiger partial charge in [-0.05, 0) is 6.92 Å². The molecule has 1 aromatic heterocycles. The largest absolute Gasteiger partial charge is 0.475 e. The molecule has 0 amide bonds. The van der Waals surface area contributed by atoms with E-state index in [2.05, 4.69) is 15.3 Å². The molecule has 1 rings (SSSR count). The molecule has 72 valence electrons. The Balaban J connectivity index is 2.56. The van der Waals surface area contributed by atoms with Crippen molar-refractivity contribution in [3.8, 4) is 5.88 Å². The summed E-state index contributed by atoms with van der Waals surface area (Å²) in [6.07, 6.45) is 1.61. The van der Waals surface area contributed by atoms with Gasteiger partial charge in [0.05, 0.1) is 6.61 Å². The minimum atomic E-state index is -0.0134. The second kappa shape index (κ2) is 5.31. The average Bonchev–Trinajstić information content (AvgIpc) is 2.16. The summed E-state index contributed by atoms with van der Waals surface area (Å²) in [7, 11) is 0. The van der Waals surface area contributed by atoms with Crippen LogP contribution in [0.2, 0.25) is 0 Å². The number of hydrogen-bond donors (Lipinski definition) is 2. The minimum absolute atomic E-state index is 0.0134. The maximum atomic E-state index is 8.52. The Labute approximate surface area is 76.8 Å². The first kappa shape index (κ1) is 9.73. The molecule has 0 fully saturated rings. The highest BCUT2D eigenvalue weighted by Gasteiger charge is 1.97. The van der Waals surface area contributed by atoms with Crippen LogP contribution in [0.15, 0.2) is 12.3 Å². The van der Waals surface area contributed by atoms with Crippen LogP contribution in [0.1, 0.15) is 6.92 Å². The van der Waals surface area contributed by atoms with Gasteiger partial charge in [0.2, 0.25) is 11.8 Å². The summed E-state index contributed by atoms with van der Waals surface area (Å²) in [5.41, 5.74) is 0. The number of aromatic nitrogens is 2. The molecule has 1 aromatic rings. The number of ether oxygens (including phenoxy) is 1. The molecule has 0 aliphatic heterocycles. The van der Waals surface area contributed by atoms with E-state index < -0.39 is 0 Å². The SMILES string of the molecule is CCNc1nccc(OCCO)n1. The van der Waals surface area contributed by atoms with E-state index in [1.54, 1.807) is 12.3 Å².